The highest BCUT2D eigenvalue weighted by Gasteiger charge is 2.19. The molecule has 116 valence electrons. The van der Waals surface area contributed by atoms with E-state index in [-0.39, 0.29) is 12.2 Å². The Kier molecular flexibility index (Phi) is 5.83. The zero-order valence-corrected chi connectivity index (χ0v) is 12.4. The number of amides is 1. The molecular formula is C15H21NO5. The monoisotopic (exact) mass is 295 g/mol. The lowest BCUT2D eigenvalue weighted by Crippen LogP contribution is -2.32. The van der Waals surface area contributed by atoms with Gasteiger partial charge < -0.3 is 24.3 Å². The number of methoxy groups -OCH3 is 2. The quantitative estimate of drug-likeness (QED) is 0.863. The third kappa shape index (κ3) is 4.09. The van der Waals surface area contributed by atoms with Gasteiger partial charge in [-0.05, 0) is 18.6 Å². The predicted molar refractivity (Wildman–Crippen MR) is 76.8 cm³/mol. The van der Waals surface area contributed by atoms with Crippen LogP contribution in [0.4, 0.5) is 0 Å². The van der Waals surface area contributed by atoms with Gasteiger partial charge in [0.05, 0.1) is 27.4 Å². The van der Waals surface area contributed by atoms with E-state index in [1.807, 2.05) is 0 Å². The summed E-state index contributed by atoms with van der Waals surface area (Å²) in [6.07, 6.45) is 1.29. The van der Waals surface area contributed by atoms with Crippen LogP contribution in [0.3, 0.4) is 0 Å². The minimum atomic E-state index is -0.237. The molecule has 0 saturated carbocycles. The van der Waals surface area contributed by atoms with Crippen LogP contribution in [-0.2, 0) is 9.47 Å². The number of benzene rings is 1. The van der Waals surface area contributed by atoms with Gasteiger partial charge in [-0.25, -0.2) is 0 Å². The lowest BCUT2D eigenvalue weighted by Gasteiger charge is -2.23. The van der Waals surface area contributed by atoms with Crippen LogP contribution in [0.1, 0.15) is 23.2 Å². The number of hydrogen-bond donors (Lipinski definition) is 1. The van der Waals surface area contributed by atoms with Gasteiger partial charge in [-0.1, -0.05) is 6.07 Å². The van der Waals surface area contributed by atoms with Crippen LogP contribution in [-0.4, -0.2) is 46.2 Å². The van der Waals surface area contributed by atoms with E-state index < -0.39 is 0 Å². The first-order valence-electron chi connectivity index (χ1n) is 6.98. The topological polar surface area (TPSA) is 66.0 Å². The number of nitrogens with one attached hydrogen (secondary N) is 1. The summed E-state index contributed by atoms with van der Waals surface area (Å²) < 4.78 is 21.3. The molecule has 0 unspecified atom stereocenters. The summed E-state index contributed by atoms with van der Waals surface area (Å²) in [5, 5.41) is 2.84. The summed E-state index contributed by atoms with van der Waals surface area (Å²) in [7, 11) is 3.05. The summed E-state index contributed by atoms with van der Waals surface area (Å²) >= 11 is 0. The average Bonchev–Trinajstić information content (AvgIpc) is 2.54. The van der Waals surface area contributed by atoms with E-state index in [1.165, 1.54) is 14.2 Å². The normalized spacial score (nSPS) is 15.5. The van der Waals surface area contributed by atoms with Crippen molar-refractivity contribution in [2.45, 2.75) is 19.1 Å². The first-order chi connectivity index (χ1) is 10.3. The van der Waals surface area contributed by atoms with Crippen molar-refractivity contribution >= 4 is 5.91 Å². The van der Waals surface area contributed by atoms with Crippen molar-refractivity contribution in [1.29, 1.82) is 0 Å². The zero-order valence-electron chi connectivity index (χ0n) is 12.4. The molecule has 21 heavy (non-hydrogen) atoms. The highest BCUT2D eigenvalue weighted by molar-refractivity contribution is 5.99. The van der Waals surface area contributed by atoms with Crippen LogP contribution in [0, 0.1) is 0 Å². The molecule has 0 bridgehead atoms. The van der Waals surface area contributed by atoms with Crippen LogP contribution in [0.5, 0.6) is 11.5 Å². The largest absolute Gasteiger partial charge is 0.496 e. The summed E-state index contributed by atoms with van der Waals surface area (Å²) in [4.78, 5) is 12.3. The van der Waals surface area contributed by atoms with Crippen LogP contribution < -0.4 is 14.8 Å². The number of ether oxygens (including phenoxy) is 4. The SMILES string of the molecule is COc1cccc(OC)c1C(=O)NCCC1OCCCO1. The molecule has 0 aliphatic carbocycles. The molecule has 1 aromatic rings. The van der Waals surface area contributed by atoms with Crippen LogP contribution in [0.25, 0.3) is 0 Å². The van der Waals surface area contributed by atoms with Crippen molar-refractivity contribution in [3.63, 3.8) is 0 Å². The van der Waals surface area contributed by atoms with Gasteiger partial charge in [0, 0.05) is 13.0 Å². The van der Waals surface area contributed by atoms with Gasteiger partial charge in [0.2, 0.25) is 0 Å². The number of rotatable bonds is 6. The average molecular weight is 295 g/mol. The molecule has 0 spiro atoms. The molecule has 1 aliphatic heterocycles. The van der Waals surface area contributed by atoms with Gasteiger partial charge in [0.15, 0.2) is 6.29 Å². The van der Waals surface area contributed by atoms with Crippen LogP contribution in [0.2, 0.25) is 0 Å². The van der Waals surface area contributed by atoms with E-state index in [0.29, 0.717) is 43.2 Å². The maximum absolute atomic E-state index is 12.3. The van der Waals surface area contributed by atoms with Crippen molar-refractivity contribution < 1.29 is 23.7 Å². The minimum absolute atomic E-state index is 0.236. The first-order valence-corrected chi connectivity index (χ1v) is 6.98. The molecule has 1 aliphatic rings. The molecule has 2 rings (SSSR count). The molecule has 1 amide bonds. The predicted octanol–water partition coefficient (Wildman–Crippen LogP) is 1.59. The van der Waals surface area contributed by atoms with Gasteiger partial charge in [0.25, 0.3) is 5.91 Å². The molecule has 0 atom stereocenters. The van der Waals surface area contributed by atoms with E-state index in [4.69, 9.17) is 18.9 Å². The minimum Gasteiger partial charge on any atom is -0.496 e. The standard InChI is InChI=1S/C15H21NO5/c1-18-11-5-3-6-12(19-2)14(11)15(17)16-8-7-13-20-9-4-10-21-13/h3,5-6,13H,4,7-10H2,1-2H3,(H,16,17). The lowest BCUT2D eigenvalue weighted by atomic mass is 10.1. The second-order valence-electron chi connectivity index (χ2n) is 4.61. The molecule has 1 aromatic carbocycles. The Balaban J connectivity index is 1.93. The molecule has 6 nitrogen and oxygen atoms in total. The number of hydrogen-bond acceptors (Lipinski definition) is 5. The molecule has 1 saturated heterocycles. The van der Waals surface area contributed by atoms with Gasteiger partial charge in [0.1, 0.15) is 17.1 Å². The first kappa shape index (κ1) is 15.6. The van der Waals surface area contributed by atoms with Crippen molar-refractivity contribution in [2.24, 2.45) is 0 Å². The molecule has 0 aromatic heterocycles. The molecule has 0 radical (unpaired) electrons. The van der Waals surface area contributed by atoms with Crippen LogP contribution in [0.15, 0.2) is 18.2 Å². The van der Waals surface area contributed by atoms with Crippen molar-refractivity contribution in [1.82, 2.24) is 5.32 Å². The second-order valence-corrected chi connectivity index (χ2v) is 4.61. The summed E-state index contributed by atoms with van der Waals surface area (Å²) in [5.74, 6) is 0.731. The van der Waals surface area contributed by atoms with Gasteiger partial charge in [-0.2, -0.15) is 0 Å². The Labute approximate surface area is 124 Å². The maximum Gasteiger partial charge on any atom is 0.258 e. The Morgan fingerprint density at radius 1 is 1.24 bits per heavy atom. The van der Waals surface area contributed by atoms with E-state index in [9.17, 15) is 4.79 Å². The zero-order chi connectivity index (χ0) is 15.1. The van der Waals surface area contributed by atoms with Gasteiger partial charge >= 0.3 is 0 Å². The third-order valence-corrected chi connectivity index (χ3v) is 3.22. The van der Waals surface area contributed by atoms with Crippen molar-refractivity contribution in [3.05, 3.63) is 23.8 Å². The maximum atomic E-state index is 12.3. The Morgan fingerprint density at radius 2 is 1.86 bits per heavy atom. The molecule has 1 N–H and O–H groups in total. The van der Waals surface area contributed by atoms with Gasteiger partial charge in [-0.15, -0.1) is 0 Å². The van der Waals surface area contributed by atoms with Crippen molar-refractivity contribution in [3.8, 4) is 11.5 Å². The van der Waals surface area contributed by atoms with E-state index in [0.717, 1.165) is 6.42 Å². The van der Waals surface area contributed by atoms with E-state index in [1.54, 1.807) is 18.2 Å². The smallest absolute Gasteiger partial charge is 0.258 e. The number of carbonyl (C=O) groups is 1. The van der Waals surface area contributed by atoms with Gasteiger partial charge in [-0.3, -0.25) is 4.79 Å². The summed E-state index contributed by atoms with van der Waals surface area (Å²) in [6, 6.07) is 5.23. The molecule has 1 heterocycles. The fourth-order valence-electron chi connectivity index (χ4n) is 2.17. The Bertz CT molecular complexity index is 449. The second kappa shape index (κ2) is 7.85. The Hall–Kier alpha value is -1.79. The van der Waals surface area contributed by atoms with E-state index >= 15 is 0 Å². The highest BCUT2D eigenvalue weighted by atomic mass is 16.7. The molecule has 6 heteroatoms. The Morgan fingerprint density at radius 3 is 2.43 bits per heavy atom. The molecule has 1 fully saturated rings. The fraction of sp³-hybridized carbons (Fsp3) is 0.533. The van der Waals surface area contributed by atoms with Crippen molar-refractivity contribution in [2.75, 3.05) is 34.0 Å². The third-order valence-electron chi connectivity index (χ3n) is 3.22. The lowest BCUT2D eigenvalue weighted by molar-refractivity contribution is -0.180. The summed E-state index contributed by atoms with van der Waals surface area (Å²) in [6.45, 7) is 1.88. The fourth-order valence-corrected chi connectivity index (χ4v) is 2.17. The van der Waals surface area contributed by atoms with E-state index in [2.05, 4.69) is 5.32 Å². The highest BCUT2D eigenvalue weighted by Crippen LogP contribution is 2.27. The number of carbonyl (C=O) groups excluding carboxylic acids is 1. The summed E-state index contributed by atoms with van der Waals surface area (Å²) in [5.41, 5.74) is 0.396. The molecular weight excluding hydrogens is 274 g/mol. The van der Waals surface area contributed by atoms with Crippen LogP contribution >= 0.6 is 0 Å².